The second-order valence-electron chi connectivity index (χ2n) is 22.8. The quantitative estimate of drug-likeness (QED) is 0.0695. The van der Waals surface area contributed by atoms with Gasteiger partial charge < -0.3 is 29.6 Å². The fourth-order valence-electron chi connectivity index (χ4n) is 11.3. The molecule has 2 fully saturated rings. The van der Waals surface area contributed by atoms with E-state index in [0.29, 0.717) is 64.0 Å². The molecule has 0 saturated carbocycles. The number of rotatable bonds is 20. The van der Waals surface area contributed by atoms with Crippen molar-refractivity contribution in [3.8, 4) is 28.0 Å². The van der Waals surface area contributed by atoms with E-state index in [0.717, 1.165) is 136 Å². The van der Waals surface area contributed by atoms with Crippen LogP contribution in [0.3, 0.4) is 0 Å². The Hall–Kier alpha value is -6.47. The Morgan fingerprint density at radius 2 is 1.03 bits per heavy atom. The maximum absolute atomic E-state index is 13.4. The Bertz CT molecular complexity index is 3630. The number of sulfone groups is 2. The number of ether oxygens (including phenoxy) is 4. The zero-order valence-electron chi connectivity index (χ0n) is 50.2. The Kier molecular flexibility index (Phi) is 22.3. The molecule has 0 bridgehead atoms. The molecule has 2 amide bonds. The van der Waals surface area contributed by atoms with Gasteiger partial charge in [0, 0.05) is 91.3 Å². The van der Waals surface area contributed by atoms with E-state index in [9.17, 15) is 26.4 Å². The molecule has 4 aliphatic heterocycles. The third kappa shape index (κ3) is 17.0. The minimum atomic E-state index is -3.57. The number of benzene rings is 6. The van der Waals surface area contributed by atoms with Crippen LogP contribution in [0.1, 0.15) is 98.6 Å². The highest BCUT2D eigenvalue weighted by Gasteiger charge is 2.28. The van der Waals surface area contributed by atoms with Gasteiger partial charge in [-0.2, -0.15) is 0 Å². The molecule has 2 N–H and O–H groups in total. The van der Waals surface area contributed by atoms with Crippen LogP contribution in [-0.2, 0) is 63.0 Å². The molecule has 0 aliphatic carbocycles. The molecular formula is C69H81ClN4O10S2. The van der Waals surface area contributed by atoms with Crippen LogP contribution in [0.5, 0.6) is 5.75 Å². The van der Waals surface area contributed by atoms with Crippen molar-refractivity contribution < 1.29 is 45.4 Å². The first-order valence-corrected chi connectivity index (χ1v) is 33.8. The van der Waals surface area contributed by atoms with E-state index in [4.69, 9.17) is 30.5 Å². The van der Waals surface area contributed by atoms with Gasteiger partial charge in [-0.25, -0.2) is 16.8 Å². The van der Waals surface area contributed by atoms with Crippen LogP contribution in [0.25, 0.3) is 34.4 Å². The van der Waals surface area contributed by atoms with Gasteiger partial charge in [-0.3, -0.25) is 19.4 Å². The number of fused-ring (bicyclic) bond motifs is 2. The summed E-state index contributed by atoms with van der Waals surface area (Å²) in [4.78, 5) is 31.9. The van der Waals surface area contributed by atoms with E-state index in [1.54, 1.807) is 36.4 Å². The maximum atomic E-state index is 13.4. The van der Waals surface area contributed by atoms with Gasteiger partial charge in [-0.1, -0.05) is 80.0 Å². The van der Waals surface area contributed by atoms with Gasteiger partial charge in [0.2, 0.25) is 0 Å². The van der Waals surface area contributed by atoms with Crippen molar-refractivity contribution in [3.05, 3.63) is 171 Å². The maximum Gasteiger partial charge on any atom is 0.251 e. The summed E-state index contributed by atoms with van der Waals surface area (Å²) < 4.78 is 74.9. The number of aryl methyl sites for hydroxylation is 1. The Morgan fingerprint density at radius 3 is 1.52 bits per heavy atom. The first-order chi connectivity index (χ1) is 41.5. The van der Waals surface area contributed by atoms with E-state index < -0.39 is 19.7 Å². The van der Waals surface area contributed by atoms with E-state index >= 15 is 0 Å². The highest BCUT2D eigenvalue weighted by molar-refractivity contribution is 7.91. The monoisotopic (exact) mass is 1220 g/mol. The number of hydrogen-bond donors (Lipinski definition) is 2. The number of halogens is 1. The molecule has 2 saturated heterocycles. The molecule has 14 nitrogen and oxygen atoms in total. The topological polar surface area (TPSA) is 170 Å². The number of nitrogens with zero attached hydrogens (tertiary/aromatic N) is 2. The summed E-state index contributed by atoms with van der Waals surface area (Å²) in [6, 6.07) is 39.1. The van der Waals surface area contributed by atoms with Crippen LogP contribution in [0.4, 0.5) is 11.4 Å². The van der Waals surface area contributed by atoms with E-state index in [2.05, 4.69) is 48.4 Å². The standard InChI is InChI=1S/C35H41ClN2O5S.C34H40N2O5S/c1-3-16-42-17-12-25-6-10-32(33(36)21-25)27-7-11-34-29(22-27)23-28(15-20-44(34,40)41)35(39)37-30-8-4-26(5-9-30)24-38(2)31-13-18-43-19-14-31;1-4-16-41-32-11-7-26(20-24(32)2)27-8-12-33-29(21-27)22-28(15-19-42(33,38)39)34(37)35-30-9-5-25(6-10-30)23-36(3)31-13-17-40-18-14-31/h4-11,21-23,31H,3,12-20,24H2,1-2H3,(H,37,39);5-12,20-22,31H,4,13-19,23H2,1-3H3,(H,35,37). The summed E-state index contributed by atoms with van der Waals surface area (Å²) in [5.74, 6) is 0.00256. The van der Waals surface area contributed by atoms with E-state index in [1.807, 2.05) is 104 Å². The first-order valence-electron chi connectivity index (χ1n) is 30.1. The van der Waals surface area contributed by atoms with Gasteiger partial charge in [0.15, 0.2) is 19.7 Å². The van der Waals surface area contributed by atoms with Crippen molar-refractivity contribution in [1.82, 2.24) is 9.80 Å². The molecule has 4 heterocycles. The van der Waals surface area contributed by atoms with Crippen LogP contribution in [0.2, 0.25) is 5.02 Å². The zero-order chi connectivity index (χ0) is 60.8. The molecule has 4 aliphatic rings. The fourth-order valence-corrected chi connectivity index (χ4v) is 14.5. The second kappa shape index (κ2) is 30.0. The summed E-state index contributed by atoms with van der Waals surface area (Å²) in [6.45, 7) is 13.1. The van der Waals surface area contributed by atoms with Crippen molar-refractivity contribution in [3.63, 3.8) is 0 Å². The van der Waals surface area contributed by atoms with Crippen molar-refractivity contribution in [1.29, 1.82) is 0 Å². The molecular weight excluding hydrogens is 1140 g/mol. The Labute approximate surface area is 513 Å². The summed E-state index contributed by atoms with van der Waals surface area (Å²) >= 11 is 6.68. The van der Waals surface area contributed by atoms with E-state index in [-0.39, 0.29) is 46.0 Å². The van der Waals surface area contributed by atoms with Gasteiger partial charge in [-0.05, 0) is 208 Å². The molecule has 0 spiro atoms. The van der Waals surface area contributed by atoms with Crippen molar-refractivity contribution in [2.75, 3.05) is 82.5 Å². The summed E-state index contributed by atoms with van der Waals surface area (Å²) in [5.41, 5.74) is 11.1. The molecule has 17 heteroatoms. The van der Waals surface area contributed by atoms with Gasteiger partial charge in [0.25, 0.3) is 11.8 Å². The highest BCUT2D eigenvalue weighted by atomic mass is 35.5. The largest absolute Gasteiger partial charge is 0.493 e. The zero-order valence-corrected chi connectivity index (χ0v) is 52.6. The van der Waals surface area contributed by atoms with Gasteiger partial charge in [0.1, 0.15) is 5.75 Å². The second-order valence-corrected chi connectivity index (χ2v) is 27.4. The number of carbonyl (C=O) groups excluding carboxylic acids is 2. The predicted molar refractivity (Wildman–Crippen MR) is 344 cm³/mol. The minimum absolute atomic E-state index is 0.112. The van der Waals surface area contributed by atoms with Crippen molar-refractivity contribution in [2.24, 2.45) is 0 Å². The molecule has 6 aromatic carbocycles. The number of nitrogens with one attached hydrogen (secondary N) is 2. The smallest absolute Gasteiger partial charge is 0.251 e. The lowest BCUT2D eigenvalue weighted by Crippen LogP contribution is -2.36. The molecule has 86 heavy (non-hydrogen) atoms. The number of amides is 2. The molecule has 10 rings (SSSR count). The van der Waals surface area contributed by atoms with Crippen LogP contribution in [0, 0.1) is 6.92 Å². The number of anilines is 2. The fraction of sp³-hybridized carbons (Fsp3) is 0.391. The third-order valence-corrected chi connectivity index (χ3v) is 20.2. The third-order valence-electron chi connectivity index (χ3n) is 16.3. The lowest BCUT2D eigenvalue weighted by Gasteiger charge is -2.31. The molecule has 0 atom stereocenters. The van der Waals surface area contributed by atoms with Crippen LogP contribution in [-0.4, -0.2) is 122 Å². The summed E-state index contributed by atoms with van der Waals surface area (Å²) in [6.07, 6.45) is 10.5. The predicted octanol–water partition coefficient (Wildman–Crippen LogP) is 13.0. The molecule has 6 aromatic rings. The normalized spacial score (nSPS) is 16.7. The van der Waals surface area contributed by atoms with Crippen LogP contribution >= 0.6 is 11.6 Å². The average molecular weight is 1230 g/mol. The van der Waals surface area contributed by atoms with Crippen LogP contribution < -0.4 is 15.4 Å². The molecule has 0 aromatic heterocycles. The highest BCUT2D eigenvalue weighted by Crippen LogP contribution is 2.36. The van der Waals surface area contributed by atoms with Gasteiger partial charge >= 0.3 is 0 Å². The van der Waals surface area contributed by atoms with Gasteiger partial charge in [0.05, 0.1) is 34.5 Å². The summed E-state index contributed by atoms with van der Waals surface area (Å²) in [5, 5.41) is 6.52. The Morgan fingerprint density at radius 1 is 0.570 bits per heavy atom. The van der Waals surface area contributed by atoms with Crippen molar-refractivity contribution in [2.45, 2.75) is 114 Å². The van der Waals surface area contributed by atoms with Crippen molar-refractivity contribution >= 4 is 66.6 Å². The average Bonchev–Trinajstić information content (AvgIpc) is 3.35. The SMILES string of the molecule is CCCOCCc1ccc(-c2ccc3c(c2)C=C(C(=O)Nc2ccc(CN(C)C4CCOCC4)cc2)CCS3(=O)=O)c(Cl)c1.CCCOc1ccc(-c2ccc3c(c2)C=C(C(=O)Nc2ccc(CN(C)C4CCOCC4)cc2)CCS3(=O)=O)cc1C. The lowest BCUT2D eigenvalue weighted by atomic mass is 9.99. The van der Waals surface area contributed by atoms with Crippen LogP contribution in [0.15, 0.2) is 142 Å². The summed E-state index contributed by atoms with van der Waals surface area (Å²) in [7, 11) is -2.83. The Balaban J connectivity index is 0.000000206. The number of hydrogen-bond acceptors (Lipinski definition) is 12. The first kappa shape index (κ1) is 64.0. The lowest BCUT2D eigenvalue weighted by molar-refractivity contribution is -0.113. The minimum Gasteiger partial charge on any atom is -0.493 e. The number of carbonyl (C=O) groups is 2. The molecule has 456 valence electrons. The molecule has 0 unspecified atom stereocenters. The van der Waals surface area contributed by atoms with E-state index in [1.165, 1.54) is 5.56 Å². The molecule has 0 radical (unpaired) electrons. The van der Waals surface area contributed by atoms with Gasteiger partial charge in [-0.15, -0.1) is 0 Å².